The molecule has 0 heterocycles. The number of urea groups is 1. The smallest absolute Gasteiger partial charge is 0.337 e. The Morgan fingerprint density at radius 1 is 1.00 bits per heavy atom. The van der Waals surface area contributed by atoms with E-state index >= 15 is 0 Å². The zero-order chi connectivity index (χ0) is 20.5. The number of hydrogen-bond acceptors (Lipinski definition) is 5. The normalized spacial score (nSPS) is 11.0. The van der Waals surface area contributed by atoms with E-state index in [0.717, 1.165) is 5.56 Å². The lowest BCUT2D eigenvalue weighted by molar-refractivity contribution is -0.384. The van der Waals surface area contributed by atoms with E-state index in [1.165, 1.54) is 31.2 Å². The highest BCUT2D eigenvalue weighted by atomic mass is 16.6. The summed E-state index contributed by atoms with van der Waals surface area (Å²) < 4.78 is 0. The van der Waals surface area contributed by atoms with E-state index in [4.69, 9.17) is 0 Å². The Morgan fingerprint density at radius 3 is 2.21 bits per heavy atom. The molecule has 0 saturated carbocycles. The maximum absolute atomic E-state index is 12.3. The van der Waals surface area contributed by atoms with Gasteiger partial charge in [-0.25, -0.2) is 10.2 Å². The summed E-state index contributed by atoms with van der Waals surface area (Å²) in [7, 11) is 0. The van der Waals surface area contributed by atoms with Gasteiger partial charge in [0.05, 0.1) is 4.92 Å². The van der Waals surface area contributed by atoms with Crippen molar-refractivity contribution in [2.45, 2.75) is 19.4 Å². The number of hydrogen-bond donors (Lipinski definition) is 4. The van der Waals surface area contributed by atoms with Crippen LogP contribution in [0.2, 0.25) is 0 Å². The second-order valence-corrected chi connectivity index (χ2v) is 5.82. The van der Waals surface area contributed by atoms with E-state index in [-0.39, 0.29) is 18.0 Å². The minimum absolute atomic E-state index is 0.113. The zero-order valence-electron chi connectivity index (χ0n) is 15.0. The van der Waals surface area contributed by atoms with E-state index in [9.17, 15) is 24.5 Å². The number of amides is 4. The summed E-state index contributed by atoms with van der Waals surface area (Å²) in [5, 5.41) is 15.6. The molecule has 10 heteroatoms. The predicted molar refractivity (Wildman–Crippen MR) is 101 cm³/mol. The van der Waals surface area contributed by atoms with Crippen molar-refractivity contribution in [3.8, 4) is 0 Å². The van der Waals surface area contributed by atoms with E-state index in [0.29, 0.717) is 5.69 Å². The first kappa shape index (κ1) is 20.4. The van der Waals surface area contributed by atoms with Crippen molar-refractivity contribution in [2.24, 2.45) is 0 Å². The Kier molecular flexibility index (Phi) is 7.03. The number of carbonyl (C=O) groups excluding carboxylic acids is 3. The Balaban J connectivity index is 1.90. The number of rotatable bonds is 6. The van der Waals surface area contributed by atoms with E-state index in [1.54, 1.807) is 0 Å². The van der Waals surface area contributed by atoms with Crippen LogP contribution in [0.3, 0.4) is 0 Å². The van der Waals surface area contributed by atoms with Gasteiger partial charge in [-0.15, -0.1) is 0 Å². The molecule has 2 aromatic rings. The maximum Gasteiger partial charge on any atom is 0.337 e. The lowest BCUT2D eigenvalue weighted by Gasteiger charge is -2.18. The van der Waals surface area contributed by atoms with Crippen molar-refractivity contribution in [1.29, 1.82) is 0 Å². The van der Waals surface area contributed by atoms with Crippen molar-refractivity contribution in [3.05, 3.63) is 70.3 Å². The molecule has 0 radical (unpaired) electrons. The quantitative estimate of drug-likeness (QED) is 0.440. The molecule has 4 amide bonds. The van der Waals surface area contributed by atoms with Gasteiger partial charge in [0.25, 0.3) is 11.6 Å². The number of benzene rings is 2. The number of nitrogens with zero attached hydrogens (tertiary/aromatic N) is 1. The molecular weight excluding hydrogens is 366 g/mol. The standard InChI is InChI=1S/C18H19N5O5/c1-12(24)19-16(11-13-5-3-2-4-6-13)17(25)21-22-18(26)20-14-7-9-15(10-8-14)23(27)28/h2-10,16H,11H2,1H3,(H,19,24)(H,21,25)(H2,20,22,26)/t16-/m0/s1. The third-order valence-electron chi connectivity index (χ3n) is 3.61. The van der Waals surface area contributed by atoms with Crippen molar-refractivity contribution < 1.29 is 19.3 Å². The van der Waals surface area contributed by atoms with E-state index < -0.39 is 22.9 Å². The van der Waals surface area contributed by atoms with Crippen LogP contribution in [-0.4, -0.2) is 28.8 Å². The van der Waals surface area contributed by atoms with Crippen LogP contribution < -0.4 is 21.5 Å². The summed E-state index contributed by atoms with van der Waals surface area (Å²) in [5.74, 6) is -0.982. The first-order valence-corrected chi connectivity index (χ1v) is 8.27. The molecule has 2 aromatic carbocycles. The first-order valence-electron chi connectivity index (χ1n) is 8.27. The molecule has 4 N–H and O–H groups in total. The molecule has 0 bridgehead atoms. The summed E-state index contributed by atoms with van der Waals surface area (Å²) in [5.41, 5.74) is 5.44. The molecule has 0 aliphatic heterocycles. The van der Waals surface area contributed by atoms with Crippen molar-refractivity contribution in [2.75, 3.05) is 5.32 Å². The number of nitrogens with one attached hydrogen (secondary N) is 4. The molecule has 28 heavy (non-hydrogen) atoms. The number of carbonyl (C=O) groups is 3. The van der Waals surface area contributed by atoms with Crippen LogP contribution in [0.15, 0.2) is 54.6 Å². The molecule has 0 aliphatic rings. The number of nitro groups is 1. The van der Waals surface area contributed by atoms with Gasteiger partial charge in [-0.2, -0.15) is 0 Å². The van der Waals surface area contributed by atoms with Gasteiger partial charge in [-0.05, 0) is 17.7 Å². The summed E-state index contributed by atoms with van der Waals surface area (Å²) >= 11 is 0. The summed E-state index contributed by atoms with van der Waals surface area (Å²) in [6.45, 7) is 1.29. The lowest BCUT2D eigenvalue weighted by atomic mass is 10.1. The number of anilines is 1. The van der Waals surface area contributed by atoms with Crippen LogP contribution in [0.4, 0.5) is 16.2 Å². The Bertz CT molecular complexity index is 854. The van der Waals surface area contributed by atoms with Crippen LogP contribution in [-0.2, 0) is 16.0 Å². The van der Waals surface area contributed by atoms with Crippen LogP contribution in [0.5, 0.6) is 0 Å². The average Bonchev–Trinajstić information content (AvgIpc) is 2.66. The molecule has 0 aliphatic carbocycles. The Labute approximate surface area is 160 Å². The summed E-state index contributed by atoms with van der Waals surface area (Å²) in [4.78, 5) is 45.6. The molecule has 0 spiro atoms. The van der Waals surface area contributed by atoms with Gasteiger partial charge in [-0.3, -0.25) is 25.1 Å². The predicted octanol–water partition coefficient (Wildman–Crippen LogP) is 1.49. The first-order chi connectivity index (χ1) is 13.3. The maximum atomic E-state index is 12.3. The van der Waals surface area contributed by atoms with E-state index in [1.807, 2.05) is 30.3 Å². The van der Waals surface area contributed by atoms with Crippen LogP contribution in [0, 0.1) is 10.1 Å². The topological polar surface area (TPSA) is 142 Å². The van der Waals surface area contributed by atoms with Gasteiger partial charge >= 0.3 is 6.03 Å². The lowest BCUT2D eigenvalue weighted by Crippen LogP contribution is -2.53. The van der Waals surface area contributed by atoms with Gasteiger partial charge in [0, 0.05) is 31.2 Å². The number of nitro benzene ring substituents is 1. The molecule has 2 rings (SSSR count). The summed E-state index contributed by atoms with van der Waals surface area (Å²) in [6, 6.07) is 12.7. The third-order valence-corrected chi connectivity index (χ3v) is 3.61. The molecule has 0 fully saturated rings. The highest BCUT2D eigenvalue weighted by Gasteiger charge is 2.20. The molecule has 10 nitrogen and oxygen atoms in total. The molecular formula is C18H19N5O5. The molecule has 0 unspecified atom stereocenters. The van der Waals surface area contributed by atoms with Gasteiger partial charge in [0.1, 0.15) is 6.04 Å². The fourth-order valence-corrected chi connectivity index (χ4v) is 2.34. The second kappa shape index (κ2) is 9.67. The van der Waals surface area contributed by atoms with E-state index in [2.05, 4.69) is 21.5 Å². The van der Waals surface area contributed by atoms with Gasteiger partial charge in [0.15, 0.2) is 0 Å². The largest absolute Gasteiger partial charge is 0.344 e. The summed E-state index contributed by atoms with van der Waals surface area (Å²) in [6.07, 6.45) is 0.248. The third kappa shape index (κ3) is 6.41. The highest BCUT2D eigenvalue weighted by molar-refractivity contribution is 5.92. The molecule has 146 valence electrons. The SMILES string of the molecule is CC(=O)N[C@@H](Cc1ccccc1)C(=O)NNC(=O)Nc1ccc([N+](=O)[O-])cc1. The van der Waals surface area contributed by atoms with Gasteiger partial charge in [-0.1, -0.05) is 30.3 Å². The van der Waals surface area contributed by atoms with Gasteiger partial charge < -0.3 is 10.6 Å². The minimum atomic E-state index is -0.875. The van der Waals surface area contributed by atoms with Crippen molar-refractivity contribution in [3.63, 3.8) is 0 Å². The second-order valence-electron chi connectivity index (χ2n) is 5.82. The van der Waals surface area contributed by atoms with Crippen LogP contribution in [0.1, 0.15) is 12.5 Å². The fraction of sp³-hybridized carbons (Fsp3) is 0.167. The van der Waals surface area contributed by atoms with Crippen molar-refractivity contribution >= 4 is 29.2 Å². The molecule has 0 saturated heterocycles. The molecule has 0 aromatic heterocycles. The fourth-order valence-electron chi connectivity index (χ4n) is 2.34. The molecule has 1 atom stereocenters. The Morgan fingerprint density at radius 2 is 1.64 bits per heavy atom. The number of hydrazine groups is 1. The number of non-ortho nitro benzene ring substituents is 1. The van der Waals surface area contributed by atoms with Crippen molar-refractivity contribution in [1.82, 2.24) is 16.2 Å². The van der Waals surface area contributed by atoms with Crippen LogP contribution in [0.25, 0.3) is 0 Å². The zero-order valence-corrected chi connectivity index (χ0v) is 15.0. The Hall–Kier alpha value is -3.95. The minimum Gasteiger partial charge on any atom is -0.344 e. The van der Waals surface area contributed by atoms with Gasteiger partial charge in [0.2, 0.25) is 5.91 Å². The average molecular weight is 385 g/mol. The van der Waals surface area contributed by atoms with Crippen LogP contribution >= 0.6 is 0 Å². The highest BCUT2D eigenvalue weighted by Crippen LogP contribution is 2.15. The monoisotopic (exact) mass is 385 g/mol.